The molecule has 4 rings (SSSR count). The summed E-state index contributed by atoms with van der Waals surface area (Å²) in [6.07, 6.45) is 0.368. The predicted octanol–water partition coefficient (Wildman–Crippen LogP) is 2.09. The monoisotopic (exact) mass is 542 g/mol. The Labute approximate surface area is 207 Å². The first-order valence-corrected chi connectivity index (χ1v) is 11.4. The Morgan fingerprint density at radius 1 is 1.29 bits per heavy atom. The molecule has 4 N–H and O–H groups in total. The third-order valence-electron chi connectivity index (χ3n) is 5.28. The van der Waals surface area contributed by atoms with E-state index in [-0.39, 0.29) is 36.0 Å². The molecule has 0 unspecified atom stereocenters. The highest BCUT2D eigenvalue weighted by Crippen LogP contribution is 2.21. The van der Waals surface area contributed by atoms with Gasteiger partial charge in [0.05, 0.1) is 12.8 Å². The molecule has 35 heavy (non-hydrogen) atoms. The summed E-state index contributed by atoms with van der Waals surface area (Å²) in [5.41, 5.74) is 3.03. The van der Waals surface area contributed by atoms with E-state index in [1.165, 1.54) is 28.5 Å². The fourth-order valence-electron chi connectivity index (χ4n) is 3.45. The van der Waals surface area contributed by atoms with Crippen molar-refractivity contribution in [1.29, 1.82) is 0 Å². The first kappa shape index (κ1) is 24.2. The van der Waals surface area contributed by atoms with Crippen LogP contribution in [0.2, 0.25) is 0 Å². The lowest BCUT2D eigenvalue weighted by molar-refractivity contribution is 0.0935. The van der Waals surface area contributed by atoms with Crippen LogP contribution < -0.4 is 21.4 Å². The van der Waals surface area contributed by atoms with Gasteiger partial charge in [-0.25, -0.2) is 10.2 Å². The summed E-state index contributed by atoms with van der Waals surface area (Å²) in [6, 6.07) is 12.3. The summed E-state index contributed by atoms with van der Waals surface area (Å²) in [5.74, 6) is 0.779. The van der Waals surface area contributed by atoms with Crippen LogP contribution >= 0.6 is 15.9 Å². The van der Waals surface area contributed by atoms with Crippen molar-refractivity contribution in [3.63, 3.8) is 0 Å². The van der Waals surface area contributed by atoms with Gasteiger partial charge in [0, 0.05) is 17.1 Å². The molecule has 0 spiro atoms. The zero-order valence-electron chi connectivity index (χ0n) is 18.9. The highest BCUT2D eigenvalue weighted by molar-refractivity contribution is 9.10. The molecule has 2 aromatic carbocycles. The van der Waals surface area contributed by atoms with E-state index < -0.39 is 17.4 Å². The van der Waals surface area contributed by atoms with Gasteiger partial charge in [-0.15, -0.1) is 0 Å². The topological polar surface area (TPSA) is 147 Å². The molecule has 12 heteroatoms. The first-order valence-electron chi connectivity index (χ1n) is 10.6. The SMILES string of the molecule is Cc1ccccc1OC[C@@H](O)Cn1c(N/N=C\c2cc(Br)ccc2O)nc2c1c(=O)[nH]c(=O)n2C. The largest absolute Gasteiger partial charge is 0.507 e. The minimum Gasteiger partial charge on any atom is -0.507 e. The van der Waals surface area contributed by atoms with Crippen molar-refractivity contribution >= 4 is 39.3 Å². The van der Waals surface area contributed by atoms with Gasteiger partial charge in [0.15, 0.2) is 11.2 Å². The van der Waals surface area contributed by atoms with Crippen LogP contribution in [-0.2, 0) is 13.6 Å². The lowest BCUT2D eigenvalue weighted by Gasteiger charge is -2.16. The number of hydrazone groups is 1. The van der Waals surface area contributed by atoms with Gasteiger partial charge < -0.3 is 19.5 Å². The Morgan fingerprint density at radius 2 is 2.06 bits per heavy atom. The molecule has 0 bridgehead atoms. The zero-order chi connectivity index (χ0) is 25.1. The maximum Gasteiger partial charge on any atom is 0.329 e. The van der Waals surface area contributed by atoms with Gasteiger partial charge in [-0.1, -0.05) is 34.1 Å². The first-order chi connectivity index (χ1) is 16.7. The number of H-pyrrole nitrogens is 1. The zero-order valence-corrected chi connectivity index (χ0v) is 20.5. The maximum atomic E-state index is 12.6. The maximum absolute atomic E-state index is 12.6. The number of nitrogens with one attached hydrogen (secondary N) is 2. The van der Waals surface area contributed by atoms with Crippen LogP contribution in [0.15, 0.2) is 61.6 Å². The molecule has 11 nitrogen and oxygen atoms in total. The number of imidazole rings is 1. The van der Waals surface area contributed by atoms with Gasteiger partial charge >= 0.3 is 5.69 Å². The molecule has 0 aliphatic carbocycles. The van der Waals surface area contributed by atoms with Gasteiger partial charge in [0.25, 0.3) is 5.56 Å². The number of nitrogens with zero attached hydrogens (tertiary/aromatic N) is 4. The lowest BCUT2D eigenvalue weighted by atomic mass is 10.2. The summed E-state index contributed by atoms with van der Waals surface area (Å²) in [4.78, 5) is 31.3. The van der Waals surface area contributed by atoms with Gasteiger partial charge in [-0.05, 0) is 36.8 Å². The van der Waals surface area contributed by atoms with Gasteiger partial charge in [-0.2, -0.15) is 10.1 Å². The van der Waals surface area contributed by atoms with E-state index in [9.17, 15) is 19.8 Å². The third-order valence-corrected chi connectivity index (χ3v) is 5.78. The van der Waals surface area contributed by atoms with E-state index in [0.717, 1.165) is 10.0 Å². The number of phenolic OH excluding ortho intramolecular Hbond substituents is 1. The molecule has 0 saturated heterocycles. The summed E-state index contributed by atoms with van der Waals surface area (Å²) in [7, 11) is 1.47. The van der Waals surface area contributed by atoms with E-state index >= 15 is 0 Å². The van der Waals surface area contributed by atoms with E-state index in [2.05, 4.69) is 36.4 Å². The van der Waals surface area contributed by atoms with Gasteiger partial charge in [0.2, 0.25) is 5.95 Å². The average Bonchev–Trinajstić information content (AvgIpc) is 3.18. The number of aryl methyl sites for hydroxylation is 2. The molecular formula is C23H23BrN6O5. The molecular weight excluding hydrogens is 520 g/mol. The van der Waals surface area contributed by atoms with Crippen LogP contribution in [0.1, 0.15) is 11.1 Å². The summed E-state index contributed by atoms with van der Waals surface area (Å²) in [5, 5.41) is 24.8. The second kappa shape index (κ2) is 10.2. The van der Waals surface area contributed by atoms with Gasteiger partial charge in [-0.3, -0.25) is 14.3 Å². The minimum absolute atomic E-state index is 0.0230. The number of halogens is 1. The number of aliphatic hydroxyl groups excluding tert-OH is 1. The molecule has 4 aromatic rings. The molecule has 0 radical (unpaired) electrons. The number of fused-ring (bicyclic) bond motifs is 1. The van der Waals surface area contributed by atoms with Crippen molar-refractivity contribution in [3.8, 4) is 11.5 Å². The van der Waals surface area contributed by atoms with Crippen LogP contribution in [0.25, 0.3) is 11.2 Å². The minimum atomic E-state index is -1.01. The van der Waals surface area contributed by atoms with Crippen LogP contribution in [0.4, 0.5) is 5.95 Å². The Kier molecular flexibility index (Phi) is 7.03. The molecule has 0 aliphatic heterocycles. The van der Waals surface area contributed by atoms with Crippen molar-refractivity contribution in [1.82, 2.24) is 19.1 Å². The summed E-state index contributed by atoms with van der Waals surface area (Å²) in [6.45, 7) is 1.79. The van der Waals surface area contributed by atoms with Crippen molar-refractivity contribution in [2.45, 2.75) is 19.6 Å². The second-order valence-corrected chi connectivity index (χ2v) is 8.76. The number of aliphatic hydroxyl groups is 1. The van der Waals surface area contributed by atoms with Crippen molar-refractivity contribution in [2.24, 2.45) is 12.1 Å². The number of aromatic amines is 1. The molecule has 2 heterocycles. The molecule has 182 valence electrons. The van der Waals surface area contributed by atoms with Crippen LogP contribution in [-0.4, -0.2) is 48.2 Å². The Balaban J connectivity index is 1.64. The van der Waals surface area contributed by atoms with E-state index in [4.69, 9.17) is 4.74 Å². The highest BCUT2D eigenvalue weighted by Gasteiger charge is 2.20. The number of rotatable bonds is 8. The Morgan fingerprint density at radius 3 is 2.83 bits per heavy atom. The number of aromatic nitrogens is 4. The molecule has 0 aliphatic rings. The fraction of sp³-hybridized carbons (Fsp3) is 0.217. The number of aromatic hydroxyl groups is 1. The number of para-hydroxylation sites is 1. The molecule has 0 amide bonds. The summed E-state index contributed by atoms with van der Waals surface area (Å²) < 4.78 is 9.10. The Hall–Kier alpha value is -3.90. The Bertz CT molecular complexity index is 1520. The molecule has 0 fully saturated rings. The van der Waals surface area contributed by atoms with E-state index in [1.54, 1.807) is 18.2 Å². The smallest absolute Gasteiger partial charge is 0.329 e. The molecule has 1 atom stereocenters. The number of hydrogen-bond donors (Lipinski definition) is 4. The van der Waals surface area contributed by atoms with Gasteiger partial charge in [0.1, 0.15) is 24.2 Å². The quantitative estimate of drug-likeness (QED) is 0.197. The fourth-order valence-corrected chi connectivity index (χ4v) is 3.83. The summed E-state index contributed by atoms with van der Waals surface area (Å²) >= 11 is 3.33. The van der Waals surface area contributed by atoms with Crippen LogP contribution in [0.5, 0.6) is 11.5 Å². The van der Waals surface area contributed by atoms with Crippen molar-refractivity contribution in [3.05, 3.63) is 78.9 Å². The van der Waals surface area contributed by atoms with Crippen molar-refractivity contribution in [2.75, 3.05) is 12.0 Å². The lowest BCUT2D eigenvalue weighted by Crippen LogP contribution is -2.30. The number of ether oxygens (including phenoxy) is 1. The molecule has 2 aromatic heterocycles. The van der Waals surface area contributed by atoms with Crippen molar-refractivity contribution < 1.29 is 14.9 Å². The second-order valence-electron chi connectivity index (χ2n) is 7.84. The standard InChI is InChI=1S/C23H23BrN6O5/c1-13-5-3-4-6-18(13)35-12-16(31)11-30-19-20(29(2)23(34)27-21(19)33)26-22(30)28-25-10-14-9-15(24)7-8-17(14)32/h3-10,16,31-32H,11-12H2,1-2H3,(H,26,28)(H,27,33,34)/b25-10-/t16-/m0/s1. The number of phenols is 1. The van der Waals surface area contributed by atoms with Crippen LogP contribution in [0.3, 0.4) is 0 Å². The average molecular weight is 543 g/mol. The van der Waals surface area contributed by atoms with E-state index in [0.29, 0.717) is 11.3 Å². The number of hydrogen-bond acceptors (Lipinski definition) is 8. The predicted molar refractivity (Wildman–Crippen MR) is 135 cm³/mol. The third kappa shape index (κ3) is 5.28. The molecule has 0 saturated carbocycles. The highest BCUT2D eigenvalue weighted by atomic mass is 79.9. The number of anilines is 1. The van der Waals surface area contributed by atoms with Crippen LogP contribution in [0, 0.1) is 6.92 Å². The normalized spacial score (nSPS) is 12.3. The number of benzene rings is 2. The van der Waals surface area contributed by atoms with E-state index in [1.807, 2.05) is 25.1 Å².